The molecule has 1 saturated carbocycles. The van der Waals surface area contributed by atoms with Gasteiger partial charge in [-0.3, -0.25) is 23.7 Å². The van der Waals surface area contributed by atoms with Gasteiger partial charge in [0.05, 0.1) is 13.5 Å². The van der Waals surface area contributed by atoms with Crippen molar-refractivity contribution in [2.75, 3.05) is 19.0 Å². The number of carbonyl (C=O) groups excluding carboxylic acids is 3. The fourth-order valence-corrected chi connectivity index (χ4v) is 3.90. The van der Waals surface area contributed by atoms with E-state index in [1.54, 1.807) is 6.92 Å². The van der Waals surface area contributed by atoms with Crippen molar-refractivity contribution in [3.63, 3.8) is 0 Å². The lowest BCUT2D eigenvalue weighted by molar-refractivity contribution is -0.164. The number of hydrogen-bond acceptors (Lipinski definition) is 7. The van der Waals surface area contributed by atoms with E-state index in [-0.39, 0.29) is 23.4 Å². The van der Waals surface area contributed by atoms with Crippen LogP contribution in [0.3, 0.4) is 0 Å². The van der Waals surface area contributed by atoms with Gasteiger partial charge in [-0.2, -0.15) is 0 Å². The molecule has 180 valence electrons. The van der Waals surface area contributed by atoms with Crippen LogP contribution in [-0.2, 0) is 24.6 Å². The summed E-state index contributed by atoms with van der Waals surface area (Å²) in [7, 11) is 1.31. The number of benzene rings is 1. The molecule has 2 heterocycles. The van der Waals surface area contributed by atoms with Crippen molar-refractivity contribution in [1.82, 2.24) is 9.88 Å². The van der Waals surface area contributed by atoms with Crippen LogP contribution >= 0.6 is 0 Å². The number of halogens is 1. The summed E-state index contributed by atoms with van der Waals surface area (Å²) < 4.78 is 30.5. The van der Waals surface area contributed by atoms with Crippen LogP contribution in [0.5, 0.6) is 5.75 Å². The van der Waals surface area contributed by atoms with Gasteiger partial charge in [-0.05, 0) is 50.1 Å². The first-order valence-electron chi connectivity index (χ1n) is 10.8. The highest BCUT2D eigenvalue weighted by Crippen LogP contribution is 2.43. The third-order valence-corrected chi connectivity index (χ3v) is 5.83. The number of anilines is 1. The van der Waals surface area contributed by atoms with Crippen molar-refractivity contribution in [1.29, 1.82) is 0 Å². The number of aromatic nitrogens is 1. The van der Waals surface area contributed by atoms with E-state index < -0.39 is 47.0 Å². The average Bonchev–Trinajstić information content (AvgIpc) is 3.54. The van der Waals surface area contributed by atoms with E-state index in [9.17, 15) is 23.6 Å². The van der Waals surface area contributed by atoms with Gasteiger partial charge in [-0.1, -0.05) is 0 Å². The molecule has 1 aliphatic carbocycles. The third-order valence-electron chi connectivity index (χ3n) is 5.83. The van der Waals surface area contributed by atoms with Gasteiger partial charge in [0.15, 0.2) is 11.6 Å². The number of esters is 1. The minimum absolute atomic E-state index is 0.000141. The van der Waals surface area contributed by atoms with Gasteiger partial charge in [-0.25, -0.2) is 4.39 Å². The molecule has 4 rings (SSSR count). The van der Waals surface area contributed by atoms with Crippen LogP contribution in [0.1, 0.15) is 36.5 Å². The van der Waals surface area contributed by atoms with E-state index in [0.29, 0.717) is 19.4 Å². The second kappa shape index (κ2) is 9.26. The Morgan fingerprint density at radius 2 is 2.03 bits per heavy atom. The van der Waals surface area contributed by atoms with Crippen molar-refractivity contribution in [3.8, 4) is 5.75 Å². The zero-order valence-corrected chi connectivity index (χ0v) is 18.6. The van der Waals surface area contributed by atoms with Gasteiger partial charge in [0.25, 0.3) is 11.5 Å². The zero-order valence-electron chi connectivity index (χ0n) is 18.6. The summed E-state index contributed by atoms with van der Waals surface area (Å²) in [5.74, 6) is -2.34. The van der Waals surface area contributed by atoms with E-state index in [2.05, 4.69) is 10.6 Å². The van der Waals surface area contributed by atoms with Crippen LogP contribution in [0.2, 0.25) is 0 Å². The van der Waals surface area contributed by atoms with Crippen LogP contribution in [0.25, 0.3) is 0 Å². The quantitative estimate of drug-likeness (QED) is 0.557. The van der Waals surface area contributed by atoms with Gasteiger partial charge in [0.2, 0.25) is 12.2 Å². The Labute approximate surface area is 194 Å². The highest BCUT2D eigenvalue weighted by Gasteiger charge is 2.54. The van der Waals surface area contributed by atoms with Gasteiger partial charge < -0.3 is 24.8 Å². The summed E-state index contributed by atoms with van der Waals surface area (Å²) in [5.41, 5.74) is -1.79. The Kier molecular flexibility index (Phi) is 6.38. The summed E-state index contributed by atoms with van der Waals surface area (Å²) in [6.07, 6.45) is 1.36. The molecule has 2 aromatic rings. The Morgan fingerprint density at radius 3 is 2.68 bits per heavy atom. The molecule has 0 unspecified atom stereocenters. The molecule has 2 atom stereocenters. The maximum Gasteiger partial charge on any atom is 0.310 e. The molecule has 1 aliphatic heterocycles. The number of nitrogens with one attached hydrogen (secondary N) is 2. The monoisotopic (exact) mass is 473 g/mol. The van der Waals surface area contributed by atoms with Crippen LogP contribution in [0, 0.1) is 5.82 Å². The first-order chi connectivity index (χ1) is 16.3. The molecule has 2 aliphatic rings. The number of carbonyl (C=O) groups is 3. The smallest absolute Gasteiger partial charge is 0.310 e. The van der Waals surface area contributed by atoms with Crippen LogP contribution in [0.4, 0.5) is 10.1 Å². The molecule has 34 heavy (non-hydrogen) atoms. The standard InChI is InChI=1S/C23H24FN3O7/c1-3-33-21-16(12-18(28)34-21)26-22(31)23(8-9-23)27-10-4-5-15(20(27)30)25-19(29)13-6-7-17(32-2)14(24)11-13/h4-7,10-11,16,21H,3,8-9,12H2,1-2H3,(H,25,29)(H,26,31)/t16-,21-/m0/s1. The summed E-state index contributed by atoms with van der Waals surface area (Å²) in [4.78, 5) is 50.5. The van der Waals surface area contributed by atoms with Gasteiger partial charge in [0, 0.05) is 18.4 Å². The van der Waals surface area contributed by atoms with Crippen LogP contribution in [0.15, 0.2) is 41.3 Å². The molecule has 0 spiro atoms. The topological polar surface area (TPSA) is 125 Å². The third kappa shape index (κ3) is 4.38. The summed E-state index contributed by atoms with van der Waals surface area (Å²) >= 11 is 0. The van der Waals surface area contributed by atoms with Crippen LogP contribution in [-0.4, -0.2) is 48.4 Å². The highest BCUT2D eigenvalue weighted by molar-refractivity contribution is 6.04. The summed E-state index contributed by atoms with van der Waals surface area (Å²) in [5, 5.41) is 5.24. The SMILES string of the molecule is CCO[C@H]1OC(=O)C[C@@H]1NC(=O)C1(n2cccc(NC(=O)c3ccc(OC)c(F)c3)c2=O)CC1. The van der Waals surface area contributed by atoms with E-state index in [1.165, 1.54) is 42.1 Å². The van der Waals surface area contributed by atoms with E-state index >= 15 is 0 Å². The molecule has 0 radical (unpaired) electrons. The Hall–Kier alpha value is -3.73. The lowest BCUT2D eigenvalue weighted by Crippen LogP contribution is -2.49. The number of cyclic esters (lactones) is 1. The van der Waals surface area contributed by atoms with Crippen molar-refractivity contribution in [3.05, 3.63) is 58.3 Å². The molecule has 0 bridgehead atoms. The minimum Gasteiger partial charge on any atom is -0.494 e. The zero-order chi connectivity index (χ0) is 24.5. The normalized spacial score (nSPS) is 20.4. The van der Waals surface area contributed by atoms with Gasteiger partial charge >= 0.3 is 5.97 Å². The summed E-state index contributed by atoms with van der Waals surface area (Å²) in [6, 6.07) is 5.95. The number of ether oxygens (including phenoxy) is 3. The molecule has 1 saturated heterocycles. The number of nitrogens with zero attached hydrogens (tertiary/aromatic N) is 1. The molecule has 10 nitrogen and oxygen atoms in total. The van der Waals surface area contributed by atoms with Gasteiger partial charge in [-0.15, -0.1) is 0 Å². The Morgan fingerprint density at radius 1 is 1.26 bits per heavy atom. The van der Waals surface area contributed by atoms with Crippen molar-refractivity contribution in [2.45, 2.75) is 44.1 Å². The number of rotatable bonds is 8. The molecule has 1 aromatic heterocycles. The second-order valence-electron chi connectivity index (χ2n) is 8.03. The largest absolute Gasteiger partial charge is 0.494 e. The predicted molar refractivity (Wildman–Crippen MR) is 117 cm³/mol. The Bertz CT molecular complexity index is 1190. The molecule has 11 heteroatoms. The van der Waals surface area contributed by atoms with E-state index in [1.807, 2.05) is 0 Å². The molecule has 2 fully saturated rings. The lowest BCUT2D eigenvalue weighted by Gasteiger charge is -2.23. The molecule has 2 amide bonds. The van der Waals surface area contributed by atoms with Crippen molar-refractivity contribution < 1.29 is 33.0 Å². The van der Waals surface area contributed by atoms with Gasteiger partial charge in [0.1, 0.15) is 17.3 Å². The summed E-state index contributed by atoms with van der Waals surface area (Å²) in [6.45, 7) is 2.04. The number of hydrogen-bond donors (Lipinski definition) is 2. The minimum atomic E-state index is -1.15. The fourth-order valence-electron chi connectivity index (χ4n) is 3.90. The number of amides is 2. The fraction of sp³-hybridized carbons (Fsp3) is 0.391. The lowest BCUT2D eigenvalue weighted by atomic mass is 10.1. The first-order valence-corrected chi connectivity index (χ1v) is 10.8. The molecular weight excluding hydrogens is 449 g/mol. The first kappa shape index (κ1) is 23.4. The second-order valence-corrected chi connectivity index (χ2v) is 8.03. The predicted octanol–water partition coefficient (Wildman–Crippen LogP) is 1.53. The molecule has 1 aromatic carbocycles. The van der Waals surface area contributed by atoms with E-state index in [4.69, 9.17) is 14.2 Å². The Balaban J connectivity index is 1.53. The van der Waals surface area contributed by atoms with Crippen molar-refractivity contribution in [2.24, 2.45) is 0 Å². The number of methoxy groups -OCH3 is 1. The van der Waals surface area contributed by atoms with Crippen LogP contribution < -0.4 is 20.9 Å². The maximum atomic E-state index is 14.0. The van der Waals surface area contributed by atoms with Crippen molar-refractivity contribution >= 4 is 23.5 Å². The molecule has 2 N–H and O–H groups in total. The number of pyridine rings is 1. The molecular formula is C23H24FN3O7. The van der Waals surface area contributed by atoms with E-state index in [0.717, 1.165) is 6.07 Å². The highest BCUT2D eigenvalue weighted by atomic mass is 19.1. The average molecular weight is 473 g/mol. The maximum absolute atomic E-state index is 14.0.